The van der Waals surface area contributed by atoms with Crippen LogP contribution in [0.25, 0.3) is 0 Å². The van der Waals surface area contributed by atoms with Crippen molar-refractivity contribution in [3.05, 3.63) is 84.6 Å². The Hall–Kier alpha value is -4.33. The number of hydrogen-bond acceptors (Lipinski definition) is 6. The molecule has 1 fully saturated rings. The zero-order valence-corrected chi connectivity index (χ0v) is 19.5. The summed E-state index contributed by atoms with van der Waals surface area (Å²) in [6.07, 6.45) is 6.71. The van der Waals surface area contributed by atoms with Crippen LogP contribution in [0.2, 0.25) is 0 Å². The summed E-state index contributed by atoms with van der Waals surface area (Å²) >= 11 is 0. The highest BCUT2D eigenvalue weighted by molar-refractivity contribution is 5.96. The van der Waals surface area contributed by atoms with Gasteiger partial charge < -0.3 is 25.4 Å². The molecule has 2 heterocycles. The summed E-state index contributed by atoms with van der Waals surface area (Å²) in [7, 11) is 0. The number of nitrogens with two attached hydrogens (primary N) is 1. The molecule has 8 heteroatoms. The summed E-state index contributed by atoms with van der Waals surface area (Å²) in [5.74, 6) is 1.35. The molecule has 1 atom stereocenters. The van der Waals surface area contributed by atoms with Crippen molar-refractivity contribution in [2.75, 3.05) is 18.4 Å². The molecule has 8 nitrogen and oxygen atoms in total. The number of ether oxygens (including phenoxy) is 2. The van der Waals surface area contributed by atoms with E-state index in [1.165, 1.54) is 0 Å². The number of anilines is 1. The van der Waals surface area contributed by atoms with E-state index in [1.54, 1.807) is 48.7 Å². The summed E-state index contributed by atoms with van der Waals surface area (Å²) in [6.45, 7) is 3.13. The van der Waals surface area contributed by atoms with Crippen LogP contribution in [0.4, 0.5) is 5.69 Å². The minimum absolute atomic E-state index is 0.00103. The van der Waals surface area contributed by atoms with Gasteiger partial charge in [0.15, 0.2) is 0 Å². The molecule has 2 amide bonds. The molecular weight excluding hydrogens is 444 g/mol. The Labute approximate surface area is 204 Å². The van der Waals surface area contributed by atoms with Crippen molar-refractivity contribution in [1.29, 1.82) is 0 Å². The molecule has 0 spiro atoms. The molecule has 3 aromatic rings. The molecule has 180 valence electrons. The van der Waals surface area contributed by atoms with Crippen molar-refractivity contribution in [2.24, 2.45) is 5.73 Å². The molecule has 2 aromatic carbocycles. The van der Waals surface area contributed by atoms with Gasteiger partial charge in [0.1, 0.15) is 22.8 Å². The number of aromatic nitrogens is 1. The first kappa shape index (κ1) is 23.8. The van der Waals surface area contributed by atoms with Crippen LogP contribution in [0, 0.1) is 0 Å². The normalized spacial score (nSPS) is 15.6. The molecule has 0 aliphatic carbocycles. The van der Waals surface area contributed by atoms with Crippen molar-refractivity contribution < 1.29 is 19.1 Å². The summed E-state index contributed by atoms with van der Waals surface area (Å²) in [5, 5.41) is 3.36. The van der Waals surface area contributed by atoms with Crippen LogP contribution in [0.3, 0.4) is 0 Å². The van der Waals surface area contributed by atoms with Crippen LogP contribution < -0.4 is 20.5 Å². The Morgan fingerprint density at radius 1 is 1.06 bits per heavy atom. The summed E-state index contributed by atoms with van der Waals surface area (Å²) in [6, 6.07) is 18.1. The number of hydrogen-bond donors (Lipinski definition) is 2. The lowest BCUT2D eigenvalue weighted by molar-refractivity contribution is -0.127. The van der Waals surface area contributed by atoms with Gasteiger partial charge in [-0.2, -0.15) is 0 Å². The Kier molecular flexibility index (Phi) is 7.62. The number of rotatable bonds is 8. The molecule has 1 unspecified atom stereocenters. The SMILES string of the molecule is C/C=C/C(=O)N1CCCC(Nc2cnc(Oc3ccc(Oc4ccccc4)cc3)c(C(N)=O)c2)C1. The van der Waals surface area contributed by atoms with E-state index in [4.69, 9.17) is 15.2 Å². The van der Waals surface area contributed by atoms with Crippen LogP contribution in [0.15, 0.2) is 79.0 Å². The summed E-state index contributed by atoms with van der Waals surface area (Å²) in [4.78, 5) is 30.4. The number of allylic oxidation sites excluding steroid dienone is 1. The third-order valence-corrected chi connectivity index (χ3v) is 5.55. The van der Waals surface area contributed by atoms with Gasteiger partial charge in [-0.15, -0.1) is 0 Å². The smallest absolute Gasteiger partial charge is 0.254 e. The predicted octanol–water partition coefficient (Wildman–Crippen LogP) is 4.74. The van der Waals surface area contributed by atoms with Crippen LogP contribution in [-0.4, -0.2) is 40.8 Å². The molecule has 4 rings (SSSR count). The Bertz CT molecular complexity index is 1200. The molecule has 0 bridgehead atoms. The highest BCUT2D eigenvalue weighted by Crippen LogP contribution is 2.29. The first-order chi connectivity index (χ1) is 17.0. The van der Waals surface area contributed by atoms with Gasteiger partial charge in [0.05, 0.1) is 11.9 Å². The Morgan fingerprint density at radius 3 is 2.43 bits per heavy atom. The van der Waals surface area contributed by atoms with Gasteiger partial charge in [-0.3, -0.25) is 9.59 Å². The van der Waals surface area contributed by atoms with Crippen LogP contribution in [-0.2, 0) is 4.79 Å². The third-order valence-electron chi connectivity index (χ3n) is 5.55. The number of nitrogens with zero attached hydrogens (tertiary/aromatic N) is 2. The van der Waals surface area contributed by atoms with Gasteiger partial charge in [-0.1, -0.05) is 24.3 Å². The zero-order chi connectivity index (χ0) is 24.6. The van der Waals surface area contributed by atoms with Crippen LogP contribution in [0.1, 0.15) is 30.1 Å². The third kappa shape index (κ3) is 6.38. The van der Waals surface area contributed by atoms with Gasteiger partial charge in [0, 0.05) is 19.1 Å². The van der Waals surface area contributed by atoms with Crippen molar-refractivity contribution in [3.63, 3.8) is 0 Å². The number of likely N-dealkylation sites (tertiary alicyclic amines) is 1. The molecule has 1 aliphatic heterocycles. The van der Waals surface area contributed by atoms with Crippen molar-refractivity contribution >= 4 is 17.5 Å². The van der Waals surface area contributed by atoms with Gasteiger partial charge in [0.2, 0.25) is 11.8 Å². The fourth-order valence-corrected chi connectivity index (χ4v) is 3.88. The standard InChI is InChI=1S/C27H28N4O4/c1-2-7-25(32)31-15-6-8-19(18-31)30-20-16-24(26(28)33)27(29-17-20)35-23-13-11-22(12-14-23)34-21-9-4-3-5-10-21/h2-5,7,9-14,16-17,19,30H,6,8,15,18H2,1H3,(H2,28,33)/b7-2+. The number of amides is 2. The fraction of sp³-hybridized carbons (Fsp3) is 0.222. The number of para-hydroxylation sites is 1. The topological polar surface area (TPSA) is 107 Å². The monoisotopic (exact) mass is 472 g/mol. The summed E-state index contributed by atoms with van der Waals surface area (Å²) < 4.78 is 11.6. The number of carbonyl (C=O) groups excluding carboxylic acids is 2. The maximum absolute atomic E-state index is 12.2. The first-order valence-corrected chi connectivity index (χ1v) is 11.5. The average Bonchev–Trinajstić information content (AvgIpc) is 2.87. The van der Waals surface area contributed by atoms with Gasteiger partial charge >= 0.3 is 0 Å². The summed E-state index contributed by atoms with van der Waals surface area (Å²) in [5.41, 5.74) is 6.41. The van der Waals surface area contributed by atoms with Crippen LogP contribution in [0.5, 0.6) is 23.1 Å². The van der Waals surface area contributed by atoms with Crippen molar-refractivity contribution in [1.82, 2.24) is 9.88 Å². The highest BCUT2D eigenvalue weighted by atomic mass is 16.5. The Balaban J connectivity index is 1.43. The predicted molar refractivity (Wildman–Crippen MR) is 134 cm³/mol. The minimum Gasteiger partial charge on any atom is -0.457 e. The second-order valence-electron chi connectivity index (χ2n) is 8.20. The van der Waals surface area contributed by atoms with Crippen LogP contribution >= 0.6 is 0 Å². The first-order valence-electron chi connectivity index (χ1n) is 11.5. The molecule has 1 saturated heterocycles. The minimum atomic E-state index is -0.645. The number of pyridine rings is 1. The number of benzene rings is 2. The number of nitrogens with one attached hydrogen (secondary N) is 1. The van der Waals surface area contributed by atoms with E-state index < -0.39 is 5.91 Å². The second-order valence-corrected chi connectivity index (χ2v) is 8.20. The second kappa shape index (κ2) is 11.2. The molecule has 1 aliphatic rings. The van der Waals surface area contributed by atoms with Gasteiger partial charge in [-0.25, -0.2) is 4.98 Å². The van der Waals surface area contributed by atoms with Crippen molar-refractivity contribution in [3.8, 4) is 23.1 Å². The molecular formula is C27H28N4O4. The number of carbonyl (C=O) groups is 2. The maximum Gasteiger partial charge on any atom is 0.254 e. The quantitative estimate of drug-likeness (QED) is 0.459. The van der Waals surface area contributed by atoms with E-state index >= 15 is 0 Å². The van der Waals surface area contributed by atoms with E-state index in [9.17, 15) is 9.59 Å². The fourth-order valence-electron chi connectivity index (χ4n) is 3.88. The van der Waals surface area contributed by atoms with E-state index in [0.29, 0.717) is 23.7 Å². The molecule has 0 saturated carbocycles. The lowest BCUT2D eigenvalue weighted by Gasteiger charge is -2.33. The number of piperidine rings is 1. The van der Waals surface area contributed by atoms with Gasteiger partial charge in [0.25, 0.3) is 5.91 Å². The average molecular weight is 473 g/mol. The van der Waals surface area contributed by atoms with E-state index in [-0.39, 0.29) is 23.4 Å². The van der Waals surface area contributed by atoms with E-state index in [1.807, 2.05) is 42.2 Å². The van der Waals surface area contributed by atoms with Crippen molar-refractivity contribution in [2.45, 2.75) is 25.8 Å². The highest BCUT2D eigenvalue weighted by Gasteiger charge is 2.23. The largest absolute Gasteiger partial charge is 0.457 e. The molecule has 3 N–H and O–H groups in total. The van der Waals surface area contributed by atoms with E-state index in [2.05, 4.69) is 10.3 Å². The molecule has 0 radical (unpaired) electrons. The molecule has 1 aromatic heterocycles. The van der Waals surface area contributed by atoms with E-state index in [0.717, 1.165) is 25.1 Å². The zero-order valence-electron chi connectivity index (χ0n) is 19.5. The van der Waals surface area contributed by atoms with Gasteiger partial charge in [-0.05, 0) is 68.3 Å². The lowest BCUT2D eigenvalue weighted by Crippen LogP contribution is -2.44. The molecule has 35 heavy (non-hydrogen) atoms. The number of primary amides is 1. The maximum atomic E-state index is 12.2. The Morgan fingerprint density at radius 2 is 1.74 bits per heavy atom. The lowest BCUT2D eigenvalue weighted by atomic mass is 10.0.